The summed E-state index contributed by atoms with van der Waals surface area (Å²) in [6.45, 7) is -0.0537. The summed E-state index contributed by atoms with van der Waals surface area (Å²) < 4.78 is 27.3. The number of nitrogens with one attached hydrogen (secondary N) is 1. The quantitative estimate of drug-likeness (QED) is 0.859. The number of rotatable bonds is 5. The second-order valence-electron chi connectivity index (χ2n) is 3.84. The van der Waals surface area contributed by atoms with Crippen LogP contribution in [-0.2, 0) is 10.0 Å². The fourth-order valence-electron chi connectivity index (χ4n) is 1.49. The normalized spacial score (nSPS) is 13.4. The average Bonchev–Trinajstić information content (AvgIpc) is 2.85. The maximum Gasteiger partial charge on any atom is 0.250 e. The molecule has 0 aliphatic heterocycles. The maximum absolute atomic E-state index is 11.9. The van der Waals surface area contributed by atoms with Gasteiger partial charge in [-0.3, -0.25) is 0 Å². The molecule has 0 radical (unpaired) electrons. The highest BCUT2D eigenvalue weighted by atomic mass is 79.9. The van der Waals surface area contributed by atoms with Crippen molar-refractivity contribution >= 4 is 37.3 Å². The number of aliphatic hydroxyl groups is 1. The summed E-state index contributed by atoms with van der Waals surface area (Å²) in [5.74, 6) is 0. The third-order valence-corrected chi connectivity index (χ3v) is 6.00. The molecule has 7 heteroatoms. The smallest absolute Gasteiger partial charge is 0.250 e. The van der Waals surface area contributed by atoms with Gasteiger partial charge in [-0.15, -0.1) is 11.3 Å². The molecular formula is C12H12BrNO3S2. The highest BCUT2D eigenvalue weighted by Crippen LogP contribution is 2.26. The van der Waals surface area contributed by atoms with Crippen LogP contribution in [0.4, 0.5) is 0 Å². The lowest BCUT2D eigenvalue weighted by molar-refractivity contribution is 0.182. The Balaban J connectivity index is 2.03. The SMILES string of the molecule is O=S(=O)(NCC(O)c1ccccc1)c1ccc(Br)s1. The van der Waals surface area contributed by atoms with E-state index >= 15 is 0 Å². The highest BCUT2D eigenvalue weighted by Gasteiger charge is 2.18. The molecule has 1 unspecified atom stereocenters. The first-order valence-electron chi connectivity index (χ1n) is 5.47. The first kappa shape index (κ1) is 14.7. The Morgan fingerprint density at radius 1 is 1.21 bits per heavy atom. The summed E-state index contributed by atoms with van der Waals surface area (Å²) in [4.78, 5) is 0. The third-order valence-electron chi connectivity index (χ3n) is 2.46. The fourth-order valence-corrected chi connectivity index (χ4v) is 4.59. The molecule has 0 amide bonds. The third kappa shape index (κ3) is 3.87. The molecule has 4 nitrogen and oxygen atoms in total. The van der Waals surface area contributed by atoms with Crippen molar-refractivity contribution in [2.75, 3.05) is 6.54 Å². The van der Waals surface area contributed by atoms with Crippen molar-refractivity contribution in [3.63, 3.8) is 0 Å². The predicted molar refractivity (Wildman–Crippen MR) is 78.6 cm³/mol. The molecule has 2 aromatic rings. The van der Waals surface area contributed by atoms with Crippen LogP contribution in [0.3, 0.4) is 0 Å². The van der Waals surface area contributed by atoms with Crippen molar-refractivity contribution < 1.29 is 13.5 Å². The molecular weight excluding hydrogens is 350 g/mol. The number of sulfonamides is 1. The second kappa shape index (κ2) is 6.15. The highest BCUT2D eigenvalue weighted by molar-refractivity contribution is 9.11. The lowest BCUT2D eigenvalue weighted by atomic mass is 10.1. The molecule has 1 atom stereocenters. The number of thiophene rings is 1. The van der Waals surface area contributed by atoms with Crippen molar-refractivity contribution in [2.45, 2.75) is 10.3 Å². The average molecular weight is 362 g/mol. The molecule has 0 bridgehead atoms. The molecule has 0 aliphatic carbocycles. The summed E-state index contributed by atoms with van der Waals surface area (Å²) in [7, 11) is -3.56. The lowest BCUT2D eigenvalue weighted by Gasteiger charge is -2.11. The van der Waals surface area contributed by atoms with Crippen LogP contribution in [0.5, 0.6) is 0 Å². The number of hydrogen-bond donors (Lipinski definition) is 2. The van der Waals surface area contributed by atoms with Crippen LogP contribution in [0.25, 0.3) is 0 Å². The molecule has 102 valence electrons. The zero-order valence-electron chi connectivity index (χ0n) is 9.78. The van der Waals surface area contributed by atoms with Crippen LogP contribution in [0.1, 0.15) is 11.7 Å². The van der Waals surface area contributed by atoms with Crippen molar-refractivity contribution in [3.05, 3.63) is 51.8 Å². The zero-order valence-corrected chi connectivity index (χ0v) is 13.0. The van der Waals surface area contributed by atoms with Gasteiger partial charge in [0.1, 0.15) is 4.21 Å². The van der Waals surface area contributed by atoms with Gasteiger partial charge in [-0.1, -0.05) is 30.3 Å². The minimum Gasteiger partial charge on any atom is -0.387 e. The van der Waals surface area contributed by atoms with Gasteiger partial charge in [-0.2, -0.15) is 0 Å². The van der Waals surface area contributed by atoms with E-state index in [0.29, 0.717) is 5.56 Å². The molecule has 2 N–H and O–H groups in total. The Labute approximate surface area is 124 Å². The molecule has 0 saturated heterocycles. The molecule has 0 spiro atoms. The molecule has 0 saturated carbocycles. The standard InChI is InChI=1S/C12H12BrNO3S2/c13-11-6-7-12(18-11)19(16,17)14-8-10(15)9-4-2-1-3-5-9/h1-7,10,14-15H,8H2. The Bertz CT molecular complexity index is 640. The van der Waals surface area contributed by atoms with Gasteiger partial charge in [-0.25, -0.2) is 13.1 Å². The molecule has 1 aromatic carbocycles. The second-order valence-corrected chi connectivity index (χ2v) is 8.29. The molecule has 19 heavy (non-hydrogen) atoms. The maximum atomic E-state index is 11.9. The van der Waals surface area contributed by atoms with E-state index in [-0.39, 0.29) is 10.8 Å². The Morgan fingerprint density at radius 3 is 2.47 bits per heavy atom. The van der Waals surface area contributed by atoms with E-state index in [2.05, 4.69) is 20.7 Å². The van der Waals surface area contributed by atoms with Crippen LogP contribution < -0.4 is 4.72 Å². The predicted octanol–water partition coefficient (Wildman–Crippen LogP) is 2.52. The molecule has 2 rings (SSSR count). The minimum atomic E-state index is -3.56. The van der Waals surface area contributed by atoms with Gasteiger partial charge < -0.3 is 5.11 Å². The van der Waals surface area contributed by atoms with Gasteiger partial charge in [0.25, 0.3) is 0 Å². The van der Waals surface area contributed by atoms with Gasteiger partial charge >= 0.3 is 0 Å². The van der Waals surface area contributed by atoms with Crippen molar-refractivity contribution in [3.8, 4) is 0 Å². The van der Waals surface area contributed by atoms with Gasteiger partial charge in [-0.05, 0) is 33.6 Å². The first-order chi connectivity index (χ1) is 8.99. The van der Waals surface area contributed by atoms with Crippen LogP contribution in [0.15, 0.2) is 50.5 Å². The van der Waals surface area contributed by atoms with E-state index in [4.69, 9.17) is 0 Å². The lowest BCUT2D eigenvalue weighted by Crippen LogP contribution is -2.27. The Morgan fingerprint density at radius 2 is 1.89 bits per heavy atom. The van der Waals surface area contributed by atoms with Crippen molar-refractivity contribution in [1.82, 2.24) is 4.72 Å². The molecule has 1 aromatic heterocycles. The zero-order chi connectivity index (χ0) is 13.9. The summed E-state index contributed by atoms with van der Waals surface area (Å²) in [6.07, 6.45) is -0.862. The largest absolute Gasteiger partial charge is 0.387 e. The first-order valence-corrected chi connectivity index (χ1v) is 8.56. The van der Waals surface area contributed by atoms with E-state index in [0.717, 1.165) is 15.1 Å². The number of halogens is 1. The summed E-state index contributed by atoms with van der Waals surface area (Å²) >= 11 is 4.34. The van der Waals surface area contributed by atoms with Crippen LogP contribution in [0, 0.1) is 0 Å². The molecule has 0 fully saturated rings. The molecule has 1 heterocycles. The van der Waals surface area contributed by atoms with Crippen LogP contribution >= 0.6 is 27.3 Å². The van der Waals surface area contributed by atoms with Gasteiger partial charge in [0.15, 0.2) is 0 Å². The van der Waals surface area contributed by atoms with Crippen molar-refractivity contribution in [1.29, 1.82) is 0 Å². The Kier molecular flexibility index (Phi) is 4.75. The van der Waals surface area contributed by atoms with Gasteiger partial charge in [0.05, 0.1) is 9.89 Å². The summed E-state index contributed by atoms with van der Waals surface area (Å²) in [6, 6.07) is 12.1. The van der Waals surface area contributed by atoms with E-state index in [9.17, 15) is 13.5 Å². The van der Waals surface area contributed by atoms with E-state index in [1.54, 1.807) is 30.3 Å². The van der Waals surface area contributed by atoms with Gasteiger partial charge in [0.2, 0.25) is 10.0 Å². The van der Waals surface area contributed by atoms with Crippen molar-refractivity contribution in [2.24, 2.45) is 0 Å². The van der Waals surface area contributed by atoms with E-state index < -0.39 is 16.1 Å². The summed E-state index contributed by atoms with van der Waals surface area (Å²) in [5, 5.41) is 9.90. The molecule has 0 aliphatic rings. The van der Waals surface area contributed by atoms with E-state index in [1.807, 2.05) is 6.07 Å². The summed E-state index contributed by atoms with van der Waals surface area (Å²) in [5.41, 5.74) is 0.678. The monoisotopic (exact) mass is 361 g/mol. The fraction of sp³-hybridized carbons (Fsp3) is 0.167. The van der Waals surface area contributed by atoms with Crippen LogP contribution in [-0.4, -0.2) is 20.1 Å². The number of hydrogen-bond acceptors (Lipinski definition) is 4. The van der Waals surface area contributed by atoms with Crippen LogP contribution in [0.2, 0.25) is 0 Å². The Hall–Kier alpha value is -0.730. The minimum absolute atomic E-state index is 0.0537. The van der Waals surface area contributed by atoms with E-state index in [1.165, 1.54) is 6.07 Å². The topological polar surface area (TPSA) is 66.4 Å². The number of aliphatic hydroxyl groups excluding tert-OH is 1. The number of benzene rings is 1. The van der Waals surface area contributed by atoms with Gasteiger partial charge in [0, 0.05) is 6.54 Å².